The van der Waals surface area contributed by atoms with Gasteiger partial charge in [0.1, 0.15) is 11.0 Å². The molecule has 66 valence electrons. The van der Waals surface area contributed by atoms with Crippen LogP contribution in [0.4, 0.5) is 10.1 Å². The van der Waals surface area contributed by atoms with Gasteiger partial charge < -0.3 is 0 Å². The third-order valence-electron chi connectivity index (χ3n) is 1.58. The fourth-order valence-electron chi connectivity index (χ4n) is 0.992. The number of aromatic nitrogens is 3. The zero-order valence-corrected chi connectivity index (χ0v) is 6.19. The number of nitrogens with zero attached hydrogens (tertiary/aromatic N) is 3. The first-order valence-electron chi connectivity index (χ1n) is 3.33. The maximum atomic E-state index is 12.9. The zero-order valence-electron chi connectivity index (χ0n) is 6.19. The molecule has 0 aliphatic rings. The highest BCUT2D eigenvalue weighted by atomic mass is 19.1. The summed E-state index contributed by atoms with van der Waals surface area (Å²) < 4.78 is 12.9. The molecule has 0 unspecified atom stereocenters. The van der Waals surface area contributed by atoms with Crippen molar-refractivity contribution in [3.05, 3.63) is 28.1 Å². The number of nitrogens with one attached hydrogen (secondary N) is 1. The number of fused-ring (bicyclic) bond motifs is 1. The van der Waals surface area contributed by atoms with Gasteiger partial charge in [-0.25, -0.2) is 0 Å². The van der Waals surface area contributed by atoms with Crippen LogP contribution >= 0.6 is 0 Å². The van der Waals surface area contributed by atoms with Gasteiger partial charge >= 0.3 is 5.69 Å². The normalized spacial score (nSPS) is 10.5. The molecular weight excluding hydrogens is 179 g/mol. The van der Waals surface area contributed by atoms with Crippen molar-refractivity contribution >= 4 is 16.7 Å². The van der Waals surface area contributed by atoms with Crippen LogP contribution in [0, 0.1) is 15.9 Å². The molecule has 1 aromatic heterocycles. The predicted octanol–water partition coefficient (Wildman–Crippen LogP) is 1.01. The molecule has 0 amide bonds. The fraction of sp³-hybridized carbons (Fsp3) is 0. The lowest BCUT2D eigenvalue weighted by molar-refractivity contribution is -0.387. The summed E-state index contributed by atoms with van der Waals surface area (Å²) in [6.07, 6.45) is 0. The maximum Gasteiger partial charge on any atom is 0.307 e. The second kappa shape index (κ2) is 2.47. The quantitative estimate of drug-likeness (QED) is 0.526. The van der Waals surface area contributed by atoms with Crippen LogP contribution in [0.1, 0.15) is 0 Å². The Hall–Kier alpha value is -2.05. The molecule has 13 heavy (non-hydrogen) atoms. The Balaban J connectivity index is 2.76. The number of benzene rings is 1. The van der Waals surface area contributed by atoms with Gasteiger partial charge in [-0.1, -0.05) is 0 Å². The van der Waals surface area contributed by atoms with Gasteiger partial charge in [0.25, 0.3) is 0 Å². The summed E-state index contributed by atoms with van der Waals surface area (Å²) in [5.74, 6) is -0.911. The average molecular weight is 182 g/mol. The molecule has 0 aliphatic carbocycles. The van der Waals surface area contributed by atoms with Crippen molar-refractivity contribution in [2.24, 2.45) is 0 Å². The topological polar surface area (TPSA) is 84.7 Å². The highest BCUT2D eigenvalue weighted by Gasteiger charge is 2.16. The van der Waals surface area contributed by atoms with E-state index in [-0.39, 0.29) is 11.0 Å². The largest absolute Gasteiger partial charge is 0.307 e. The van der Waals surface area contributed by atoms with Crippen LogP contribution in [0.3, 0.4) is 0 Å². The van der Waals surface area contributed by atoms with Gasteiger partial charge in [0.05, 0.1) is 4.92 Å². The molecule has 0 atom stereocenters. The van der Waals surface area contributed by atoms with Crippen molar-refractivity contribution < 1.29 is 9.31 Å². The lowest BCUT2D eigenvalue weighted by Gasteiger charge is -1.91. The van der Waals surface area contributed by atoms with E-state index >= 15 is 0 Å². The van der Waals surface area contributed by atoms with E-state index in [0.29, 0.717) is 0 Å². The number of hydrogen-bond donors (Lipinski definition) is 1. The van der Waals surface area contributed by atoms with Crippen molar-refractivity contribution in [3.63, 3.8) is 0 Å². The SMILES string of the molecule is O=[N+]([O-])c1cc2n[nH]nc2cc1F. The standard InChI is InChI=1S/C6H3FN4O2/c7-3-1-4-5(9-10-8-4)2-6(3)11(12)13/h1-2H,(H,8,9,10). The van der Waals surface area contributed by atoms with Gasteiger partial charge in [-0.2, -0.15) is 19.8 Å². The molecule has 0 radical (unpaired) electrons. The Labute approximate surface area is 70.5 Å². The molecule has 0 bridgehead atoms. The number of hydrogen-bond acceptors (Lipinski definition) is 4. The van der Waals surface area contributed by atoms with E-state index in [0.717, 1.165) is 12.1 Å². The lowest BCUT2D eigenvalue weighted by Crippen LogP contribution is -1.91. The number of nitro groups is 1. The molecule has 0 aliphatic heterocycles. The maximum absolute atomic E-state index is 12.9. The van der Waals surface area contributed by atoms with Crippen LogP contribution in [0.15, 0.2) is 12.1 Å². The number of halogens is 1. The number of H-pyrrole nitrogens is 1. The molecule has 2 aromatic rings. The summed E-state index contributed by atoms with van der Waals surface area (Å²) in [4.78, 5) is 9.49. The molecule has 0 spiro atoms. The Morgan fingerprint density at radius 2 is 2.00 bits per heavy atom. The van der Waals surface area contributed by atoms with Crippen molar-refractivity contribution in [2.75, 3.05) is 0 Å². The van der Waals surface area contributed by atoms with Gasteiger partial charge in [-0.15, -0.1) is 0 Å². The number of aromatic amines is 1. The Morgan fingerprint density at radius 1 is 1.38 bits per heavy atom. The molecule has 6 nitrogen and oxygen atoms in total. The number of rotatable bonds is 1. The molecule has 0 fully saturated rings. The van der Waals surface area contributed by atoms with Crippen LogP contribution < -0.4 is 0 Å². The monoisotopic (exact) mass is 182 g/mol. The van der Waals surface area contributed by atoms with Crippen LogP contribution in [0.25, 0.3) is 11.0 Å². The average Bonchev–Trinajstić information content (AvgIpc) is 2.48. The molecule has 7 heteroatoms. The summed E-state index contributed by atoms with van der Waals surface area (Å²) in [6.45, 7) is 0. The Bertz CT molecular complexity index is 480. The van der Waals surface area contributed by atoms with Gasteiger partial charge in [-0.05, 0) is 0 Å². The van der Waals surface area contributed by atoms with Crippen molar-refractivity contribution in [2.45, 2.75) is 0 Å². The van der Waals surface area contributed by atoms with Crippen molar-refractivity contribution in [1.82, 2.24) is 15.4 Å². The third-order valence-corrected chi connectivity index (χ3v) is 1.58. The summed E-state index contributed by atoms with van der Waals surface area (Å²) in [7, 11) is 0. The van der Waals surface area contributed by atoms with Crippen molar-refractivity contribution in [1.29, 1.82) is 0 Å². The van der Waals surface area contributed by atoms with Crippen LogP contribution in [0.5, 0.6) is 0 Å². The molecule has 1 heterocycles. The van der Waals surface area contributed by atoms with Gasteiger partial charge in [0.2, 0.25) is 5.82 Å². The minimum atomic E-state index is -0.911. The lowest BCUT2D eigenvalue weighted by atomic mass is 10.2. The second-order valence-electron chi connectivity index (χ2n) is 2.37. The molecule has 2 rings (SSSR count). The van der Waals surface area contributed by atoms with Gasteiger partial charge in [0.15, 0.2) is 0 Å². The van der Waals surface area contributed by atoms with E-state index in [1.165, 1.54) is 0 Å². The first-order valence-corrected chi connectivity index (χ1v) is 3.33. The minimum absolute atomic E-state index is 0.267. The smallest absolute Gasteiger partial charge is 0.258 e. The summed E-state index contributed by atoms with van der Waals surface area (Å²) in [5.41, 5.74) is -0.0578. The molecule has 1 N–H and O–H groups in total. The Morgan fingerprint density at radius 3 is 2.62 bits per heavy atom. The minimum Gasteiger partial charge on any atom is -0.258 e. The van der Waals surface area contributed by atoms with Crippen LogP contribution in [0.2, 0.25) is 0 Å². The second-order valence-corrected chi connectivity index (χ2v) is 2.37. The van der Waals surface area contributed by atoms with Gasteiger partial charge in [0, 0.05) is 12.1 Å². The molecule has 0 saturated carbocycles. The zero-order chi connectivity index (χ0) is 9.42. The van der Waals surface area contributed by atoms with E-state index in [9.17, 15) is 14.5 Å². The molecule has 0 saturated heterocycles. The van der Waals surface area contributed by atoms with E-state index in [2.05, 4.69) is 15.4 Å². The van der Waals surface area contributed by atoms with Crippen LogP contribution in [-0.4, -0.2) is 20.3 Å². The van der Waals surface area contributed by atoms with Crippen molar-refractivity contribution in [3.8, 4) is 0 Å². The molecule has 1 aromatic carbocycles. The van der Waals surface area contributed by atoms with E-state index < -0.39 is 16.4 Å². The first-order chi connectivity index (χ1) is 6.18. The summed E-state index contributed by atoms with van der Waals surface area (Å²) in [5, 5.41) is 19.7. The van der Waals surface area contributed by atoms with Crippen LogP contribution in [-0.2, 0) is 0 Å². The number of nitro benzene ring substituents is 1. The van der Waals surface area contributed by atoms with Gasteiger partial charge in [-0.3, -0.25) is 10.1 Å². The first kappa shape index (κ1) is 7.59. The highest BCUT2D eigenvalue weighted by molar-refractivity contribution is 5.76. The summed E-state index contributed by atoms with van der Waals surface area (Å²) in [6, 6.07) is 2.01. The fourth-order valence-corrected chi connectivity index (χ4v) is 0.992. The third kappa shape index (κ3) is 1.10. The van der Waals surface area contributed by atoms with E-state index in [1.54, 1.807) is 0 Å². The van der Waals surface area contributed by atoms with E-state index in [4.69, 9.17) is 0 Å². The Kier molecular flexibility index (Phi) is 1.44. The van der Waals surface area contributed by atoms with E-state index in [1.807, 2.05) is 0 Å². The summed E-state index contributed by atoms with van der Waals surface area (Å²) >= 11 is 0. The predicted molar refractivity (Wildman–Crippen MR) is 40.5 cm³/mol. The highest BCUT2D eigenvalue weighted by Crippen LogP contribution is 2.21. The molecular formula is C6H3FN4O2.